The lowest BCUT2D eigenvalue weighted by atomic mass is 11.2. The minimum atomic E-state index is -0.385. The first kappa shape index (κ1) is 7.33. The van der Waals surface area contributed by atoms with Gasteiger partial charge in [-0.25, -0.2) is 0 Å². The van der Waals surface area contributed by atoms with Gasteiger partial charge in [-0.3, -0.25) is 0 Å². The molecule has 0 radical (unpaired) electrons. The van der Waals surface area contributed by atoms with Gasteiger partial charge in [0.05, 0.1) is 0 Å². The zero-order valence-electron chi connectivity index (χ0n) is 5.09. The molecule has 8 heavy (non-hydrogen) atoms. The van der Waals surface area contributed by atoms with Crippen LogP contribution >= 0.6 is 0 Å². The van der Waals surface area contributed by atoms with Crippen LogP contribution in [0.5, 0.6) is 0 Å². The number of nitrogens with two attached hydrogens (primary N) is 1. The van der Waals surface area contributed by atoms with Crippen molar-refractivity contribution in [1.82, 2.24) is 0 Å². The van der Waals surface area contributed by atoms with Gasteiger partial charge in [-0.15, -0.1) is 5.84 Å². The Hall–Kier alpha value is -0.670. The van der Waals surface area contributed by atoms with Crippen molar-refractivity contribution in [2.45, 2.75) is 0 Å². The third-order valence-electron chi connectivity index (χ3n) is 0.639. The van der Waals surface area contributed by atoms with Crippen LogP contribution in [-0.2, 0) is 4.84 Å². The molecule has 46 valence electrons. The topological polar surface area (TPSA) is 47.6 Å². The molecule has 0 bridgehead atoms. The Morgan fingerprint density at radius 3 is 2.50 bits per heavy atom. The van der Waals surface area contributed by atoms with Crippen molar-refractivity contribution < 1.29 is 9.70 Å². The van der Waals surface area contributed by atoms with E-state index in [1.54, 1.807) is 7.05 Å². The maximum atomic E-state index is 5.27. The van der Waals surface area contributed by atoms with Crippen LogP contribution in [0.25, 0.3) is 0 Å². The smallest absolute Gasteiger partial charge is 0.147 e. The molecule has 0 aromatic carbocycles. The van der Waals surface area contributed by atoms with E-state index in [1.165, 1.54) is 7.11 Å². The fraction of sp³-hybridized carbons (Fsp3) is 0.500. The molecule has 0 amide bonds. The van der Waals surface area contributed by atoms with Gasteiger partial charge in [-0.2, -0.15) is 4.84 Å². The Morgan fingerprint density at radius 1 is 1.88 bits per heavy atom. The lowest BCUT2D eigenvalue weighted by Crippen LogP contribution is -2.44. The molecule has 0 spiro atoms. The number of rotatable bonds is 2. The minimum absolute atomic E-state index is 0.385. The van der Waals surface area contributed by atoms with Gasteiger partial charge < -0.3 is 0 Å². The Balaban J connectivity index is 3.90. The van der Waals surface area contributed by atoms with Crippen LogP contribution < -0.4 is 5.84 Å². The maximum Gasteiger partial charge on any atom is 0.147 e. The van der Waals surface area contributed by atoms with E-state index in [4.69, 9.17) is 5.84 Å². The number of hydroxylamine groups is 1. The molecule has 0 saturated heterocycles. The predicted molar refractivity (Wildman–Crippen MR) is 30.4 cm³/mol. The molecule has 4 heteroatoms. The Labute approximate surface area is 48.4 Å². The first-order valence-electron chi connectivity index (χ1n) is 2.07. The summed E-state index contributed by atoms with van der Waals surface area (Å²) in [6.07, 6.45) is 0. The lowest BCUT2D eigenvalue weighted by Gasteiger charge is -2.12. The second-order valence-electron chi connectivity index (χ2n) is 1.38. The summed E-state index contributed by atoms with van der Waals surface area (Å²) in [5, 5.41) is 3.51. The third kappa shape index (κ3) is 2.49. The molecule has 0 aliphatic rings. The molecule has 0 fully saturated rings. The first-order valence-corrected chi connectivity index (χ1v) is 2.07. The van der Waals surface area contributed by atoms with E-state index in [0.29, 0.717) is 0 Å². The van der Waals surface area contributed by atoms with Gasteiger partial charge in [0.1, 0.15) is 14.2 Å². The molecule has 0 heterocycles. The summed E-state index contributed by atoms with van der Waals surface area (Å²) >= 11 is 0. The molecule has 0 aromatic rings. The van der Waals surface area contributed by atoms with Gasteiger partial charge >= 0.3 is 0 Å². The average Bonchev–Trinajstić information content (AvgIpc) is 1.67. The molecule has 1 atom stereocenters. The van der Waals surface area contributed by atoms with Crippen molar-refractivity contribution in [2.24, 2.45) is 10.9 Å². The van der Waals surface area contributed by atoms with Crippen molar-refractivity contribution in [1.29, 1.82) is 0 Å². The van der Waals surface area contributed by atoms with Crippen LogP contribution in [0.1, 0.15) is 0 Å². The van der Waals surface area contributed by atoms with Gasteiger partial charge in [-0.1, -0.05) is 0 Å². The maximum absolute atomic E-state index is 5.27. The molecule has 0 aliphatic carbocycles. The minimum Gasteiger partial charge on any atom is -0.156 e. The van der Waals surface area contributed by atoms with E-state index in [2.05, 4.69) is 22.4 Å². The monoisotopic (exact) mass is 116 g/mol. The highest BCUT2D eigenvalue weighted by molar-refractivity contribution is 5.45. The van der Waals surface area contributed by atoms with E-state index < -0.39 is 0 Å². The van der Waals surface area contributed by atoms with Gasteiger partial charge in [0.2, 0.25) is 0 Å². The van der Waals surface area contributed by atoms with Crippen LogP contribution in [0, 0.1) is 0 Å². The molecule has 0 saturated carbocycles. The standard InChI is InChI=1S/C4H10N3O/c1-4-6-7(2,5)8-3/h1,5H2,2-3H3/q+1. The second-order valence-corrected chi connectivity index (χ2v) is 1.38. The summed E-state index contributed by atoms with van der Waals surface area (Å²) in [6.45, 7) is 3.23. The molecule has 0 aliphatic heterocycles. The summed E-state index contributed by atoms with van der Waals surface area (Å²) in [6, 6.07) is 0. The Bertz CT molecular complexity index is 114. The third-order valence-corrected chi connectivity index (χ3v) is 0.639. The van der Waals surface area contributed by atoms with Crippen molar-refractivity contribution in [2.75, 3.05) is 14.2 Å². The van der Waals surface area contributed by atoms with Crippen molar-refractivity contribution in [3.05, 3.63) is 6.58 Å². The summed E-state index contributed by atoms with van der Waals surface area (Å²) in [5.74, 6) is 7.53. The average molecular weight is 116 g/mol. The van der Waals surface area contributed by atoms with Crippen LogP contribution in [-0.4, -0.2) is 24.9 Å². The highest BCUT2D eigenvalue weighted by Gasteiger charge is 2.10. The predicted octanol–water partition coefficient (Wildman–Crippen LogP) is -0.361. The quantitative estimate of drug-likeness (QED) is 0.232. The largest absolute Gasteiger partial charge is 0.156 e. The van der Waals surface area contributed by atoms with Crippen LogP contribution in [0.4, 0.5) is 0 Å². The van der Waals surface area contributed by atoms with Gasteiger partial charge in [0, 0.05) is 15.8 Å². The van der Waals surface area contributed by atoms with Crippen LogP contribution in [0.2, 0.25) is 0 Å². The zero-order valence-corrected chi connectivity index (χ0v) is 5.09. The first-order chi connectivity index (χ1) is 3.62. The molecule has 1 unspecified atom stereocenters. The van der Waals surface area contributed by atoms with E-state index in [1.807, 2.05) is 0 Å². The SMILES string of the molecule is C=C=N[N+](C)(N)OC. The summed E-state index contributed by atoms with van der Waals surface area (Å²) in [7, 11) is 3.00. The van der Waals surface area contributed by atoms with E-state index in [-0.39, 0.29) is 4.86 Å². The summed E-state index contributed by atoms with van der Waals surface area (Å²) < 4.78 is 0. The number of quaternary nitrogens is 1. The van der Waals surface area contributed by atoms with Crippen molar-refractivity contribution in [3.63, 3.8) is 0 Å². The van der Waals surface area contributed by atoms with Gasteiger partial charge in [-0.05, 0) is 6.58 Å². The van der Waals surface area contributed by atoms with E-state index in [9.17, 15) is 0 Å². The van der Waals surface area contributed by atoms with E-state index >= 15 is 0 Å². The van der Waals surface area contributed by atoms with Crippen LogP contribution in [0.3, 0.4) is 0 Å². The normalized spacial score (nSPS) is 16.4. The molecular formula is C4H10N3O+. The molecule has 0 rings (SSSR count). The Morgan fingerprint density at radius 2 is 2.38 bits per heavy atom. The summed E-state index contributed by atoms with van der Waals surface area (Å²) in [4.78, 5) is 4.24. The van der Waals surface area contributed by atoms with Crippen molar-refractivity contribution in [3.8, 4) is 0 Å². The Kier molecular flexibility index (Phi) is 2.37. The zero-order chi connectivity index (χ0) is 6.62. The van der Waals surface area contributed by atoms with Gasteiger partial charge in [0.25, 0.3) is 0 Å². The fourth-order valence-electron chi connectivity index (χ4n) is 0.181. The second kappa shape index (κ2) is 2.59. The number of nitrogens with zero attached hydrogens (tertiary/aromatic N) is 2. The molecule has 0 aromatic heterocycles. The molecular weight excluding hydrogens is 106 g/mol. The molecule has 2 N–H and O–H groups in total. The van der Waals surface area contributed by atoms with E-state index in [0.717, 1.165) is 0 Å². The molecule has 4 nitrogen and oxygen atoms in total. The lowest BCUT2D eigenvalue weighted by molar-refractivity contribution is -1.10. The highest BCUT2D eigenvalue weighted by atomic mass is 16.8. The van der Waals surface area contributed by atoms with Gasteiger partial charge in [0.15, 0.2) is 0 Å². The van der Waals surface area contributed by atoms with Crippen LogP contribution in [0.15, 0.2) is 11.7 Å². The number of hydrogen-bond donors (Lipinski definition) is 1. The summed E-state index contributed by atoms with van der Waals surface area (Å²) in [5.41, 5.74) is 0. The highest BCUT2D eigenvalue weighted by Crippen LogP contribution is 1.88. The number of hydrogen-bond acceptors (Lipinski definition) is 3. The fourth-order valence-corrected chi connectivity index (χ4v) is 0.181. The van der Waals surface area contributed by atoms with Crippen molar-refractivity contribution >= 4 is 5.87 Å².